The quantitative estimate of drug-likeness (QED) is 0.633. The number of rotatable bonds is 4. The van der Waals surface area contributed by atoms with Crippen molar-refractivity contribution in [2.24, 2.45) is 0 Å². The Balaban J connectivity index is 1.79. The molecule has 0 saturated carbocycles. The Morgan fingerprint density at radius 2 is 1.34 bits per heavy atom. The topological polar surface area (TPSA) is 54.5 Å². The first-order valence-corrected chi connectivity index (χ1v) is 11.4. The number of amides is 1. The first kappa shape index (κ1) is 19.4. The van der Waals surface area contributed by atoms with Crippen molar-refractivity contribution in [1.82, 2.24) is 4.90 Å². The number of fused-ring (bicyclic) bond motifs is 3. The second kappa shape index (κ2) is 7.84. The van der Waals surface area contributed by atoms with Crippen LogP contribution in [0.25, 0.3) is 11.1 Å². The van der Waals surface area contributed by atoms with Crippen molar-refractivity contribution in [1.29, 1.82) is 0 Å². The summed E-state index contributed by atoms with van der Waals surface area (Å²) < 4.78 is 25.5. The fraction of sp³-hybridized carbons (Fsp3) is 0.208. The summed E-state index contributed by atoms with van der Waals surface area (Å²) in [6.45, 7) is 2.70. The summed E-state index contributed by atoms with van der Waals surface area (Å²) in [5.41, 5.74) is 4.59. The first-order chi connectivity index (χ1) is 14.0. The molecule has 1 aliphatic heterocycles. The molecule has 0 N–H and O–H groups in total. The minimum Gasteiger partial charge on any atom is -0.330 e. The molecule has 0 unspecified atom stereocenters. The van der Waals surface area contributed by atoms with Gasteiger partial charge in [-0.2, -0.15) is 0 Å². The third kappa shape index (κ3) is 3.70. The lowest BCUT2D eigenvalue weighted by Crippen LogP contribution is -2.30. The molecule has 3 aromatic carbocycles. The van der Waals surface area contributed by atoms with Gasteiger partial charge in [0.1, 0.15) is 0 Å². The molecule has 0 aliphatic carbocycles. The normalized spacial score (nSPS) is 13.3. The highest BCUT2D eigenvalue weighted by molar-refractivity contribution is 7.91. The van der Waals surface area contributed by atoms with Crippen molar-refractivity contribution in [3.63, 3.8) is 0 Å². The molecule has 1 heterocycles. The molecular formula is C24H23NO3S. The van der Waals surface area contributed by atoms with Gasteiger partial charge in [0.2, 0.25) is 0 Å². The van der Waals surface area contributed by atoms with Crippen molar-refractivity contribution in [3.8, 4) is 11.1 Å². The first-order valence-electron chi connectivity index (χ1n) is 9.78. The van der Waals surface area contributed by atoms with E-state index in [0.29, 0.717) is 19.5 Å². The predicted molar refractivity (Wildman–Crippen MR) is 114 cm³/mol. The molecule has 148 valence electrons. The van der Waals surface area contributed by atoms with Crippen molar-refractivity contribution >= 4 is 15.7 Å². The lowest BCUT2D eigenvalue weighted by atomic mass is 9.97. The van der Waals surface area contributed by atoms with Crippen LogP contribution in [-0.2, 0) is 22.9 Å². The van der Waals surface area contributed by atoms with Crippen molar-refractivity contribution < 1.29 is 13.2 Å². The van der Waals surface area contributed by atoms with E-state index >= 15 is 0 Å². The number of sulfone groups is 1. The van der Waals surface area contributed by atoms with Crippen LogP contribution in [0.5, 0.6) is 0 Å². The zero-order valence-corrected chi connectivity index (χ0v) is 17.2. The van der Waals surface area contributed by atoms with Gasteiger partial charge in [-0.25, -0.2) is 8.42 Å². The third-order valence-corrected chi connectivity index (χ3v) is 7.23. The van der Waals surface area contributed by atoms with Crippen LogP contribution in [0.1, 0.15) is 34.8 Å². The van der Waals surface area contributed by atoms with E-state index in [1.54, 1.807) is 23.1 Å². The van der Waals surface area contributed by atoms with Gasteiger partial charge in [0, 0.05) is 13.1 Å². The number of hydrogen-bond acceptors (Lipinski definition) is 3. The maximum Gasteiger partial charge on any atom is 0.255 e. The summed E-state index contributed by atoms with van der Waals surface area (Å²) in [7, 11) is -3.50. The minimum atomic E-state index is -3.50. The van der Waals surface area contributed by atoms with Gasteiger partial charge >= 0.3 is 0 Å². The summed E-state index contributed by atoms with van der Waals surface area (Å²) in [6.07, 6.45) is 0.509. The SMILES string of the molecule is CCCS(=O)(=O)c1ccccc1C(=O)N1Cc2ccccc2-c2ccccc2C1. The summed E-state index contributed by atoms with van der Waals surface area (Å²) in [4.78, 5) is 15.4. The third-order valence-electron chi connectivity index (χ3n) is 5.26. The fourth-order valence-corrected chi connectivity index (χ4v) is 5.45. The van der Waals surface area contributed by atoms with Crippen LogP contribution in [0.2, 0.25) is 0 Å². The van der Waals surface area contributed by atoms with E-state index < -0.39 is 9.84 Å². The second-order valence-electron chi connectivity index (χ2n) is 7.29. The molecule has 0 spiro atoms. The van der Waals surface area contributed by atoms with Crippen LogP contribution in [0.4, 0.5) is 0 Å². The highest BCUT2D eigenvalue weighted by Crippen LogP contribution is 2.33. The molecule has 0 fully saturated rings. The molecule has 4 rings (SSSR count). The highest BCUT2D eigenvalue weighted by atomic mass is 32.2. The summed E-state index contributed by atoms with van der Waals surface area (Å²) in [6, 6.07) is 22.7. The van der Waals surface area contributed by atoms with Crippen LogP contribution in [-0.4, -0.2) is 25.0 Å². The molecule has 0 bridgehead atoms. The van der Waals surface area contributed by atoms with Crippen molar-refractivity contribution in [2.75, 3.05) is 5.75 Å². The van der Waals surface area contributed by atoms with Crippen LogP contribution in [0.15, 0.2) is 77.7 Å². The van der Waals surface area contributed by atoms with Gasteiger partial charge < -0.3 is 4.90 Å². The molecule has 1 amide bonds. The molecule has 0 atom stereocenters. The minimum absolute atomic E-state index is 0.0307. The second-order valence-corrected chi connectivity index (χ2v) is 9.37. The van der Waals surface area contributed by atoms with E-state index in [4.69, 9.17) is 0 Å². The number of benzene rings is 3. The van der Waals surface area contributed by atoms with Gasteiger partial charge in [-0.3, -0.25) is 4.79 Å². The van der Waals surface area contributed by atoms with Gasteiger partial charge in [0.05, 0.1) is 16.2 Å². The van der Waals surface area contributed by atoms with E-state index in [9.17, 15) is 13.2 Å². The highest BCUT2D eigenvalue weighted by Gasteiger charge is 2.27. The maximum absolute atomic E-state index is 13.5. The van der Waals surface area contributed by atoms with E-state index in [0.717, 1.165) is 22.3 Å². The van der Waals surface area contributed by atoms with Crippen LogP contribution < -0.4 is 0 Å². The van der Waals surface area contributed by atoms with Gasteiger partial charge in [-0.15, -0.1) is 0 Å². The Hall–Kier alpha value is -2.92. The van der Waals surface area contributed by atoms with E-state index in [-0.39, 0.29) is 22.1 Å². The average molecular weight is 406 g/mol. The predicted octanol–water partition coefficient (Wildman–Crippen LogP) is 4.69. The Kier molecular flexibility index (Phi) is 5.24. The number of nitrogens with zero attached hydrogens (tertiary/aromatic N) is 1. The smallest absolute Gasteiger partial charge is 0.255 e. The molecule has 0 radical (unpaired) electrons. The van der Waals surface area contributed by atoms with E-state index in [1.165, 1.54) is 6.07 Å². The lowest BCUT2D eigenvalue weighted by Gasteiger charge is -2.23. The van der Waals surface area contributed by atoms with E-state index in [1.807, 2.05) is 43.3 Å². The van der Waals surface area contributed by atoms with E-state index in [2.05, 4.69) is 12.1 Å². The standard InChI is InChI=1S/C24H23NO3S/c1-2-15-29(27,28)23-14-8-7-13-22(23)24(26)25-16-18-9-3-5-11-20(18)21-12-6-4-10-19(21)17-25/h3-14H,2,15-17H2,1H3. The van der Waals surface area contributed by atoms with Gasteiger partial charge in [0.25, 0.3) is 5.91 Å². The number of carbonyl (C=O) groups is 1. The van der Waals surface area contributed by atoms with Crippen molar-refractivity contribution in [3.05, 3.63) is 89.5 Å². The Labute approximate surface area is 171 Å². The van der Waals surface area contributed by atoms with Gasteiger partial charge in [-0.1, -0.05) is 67.6 Å². The van der Waals surface area contributed by atoms with Crippen LogP contribution in [0.3, 0.4) is 0 Å². The molecule has 4 nitrogen and oxygen atoms in total. The molecular weight excluding hydrogens is 382 g/mol. The Morgan fingerprint density at radius 3 is 1.93 bits per heavy atom. The molecule has 0 saturated heterocycles. The zero-order valence-electron chi connectivity index (χ0n) is 16.3. The maximum atomic E-state index is 13.5. The summed E-state index contributed by atoms with van der Waals surface area (Å²) >= 11 is 0. The molecule has 5 heteroatoms. The average Bonchev–Trinajstić information content (AvgIpc) is 2.90. The monoisotopic (exact) mass is 405 g/mol. The molecule has 1 aliphatic rings. The zero-order chi connectivity index (χ0) is 20.4. The van der Waals surface area contributed by atoms with Gasteiger partial charge in [0.15, 0.2) is 9.84 Å². The lowest BCUT2D eigenvalue weighted by molar-refractivity contribution is 0.0728. The Bertz CT molecular complexity index is 1120. The van der Waals surface area contributed by atoms with Crippen LogP contribution in [0, 0.1) is 0 Å². The molecule has 0 aromatic heterocycles. The number of carbonyl (C=O) groups excluding carboxylic acids is 1. The molecule has 29 heavy (non-hydrogen) atoms. The van der Waals surface area contributed by atoms with Gasteiger partial charge in [-0.05, 0) is 40.8 Å². The number of hydrogen-bond donors (Lipinski definition) is 0. The fourth-order valence-electron chi connectivity index (χ4n) is 3.92. The van der Waals surface area contributed by atoms with Crippen LogP contribution >= 0.6 is 0 Å². The Morgan fingerprint density at radius 1 is 0.828 bits per heavy atom. The van der Waals surface area contributed by atoms with Crippen molar-refractivity contribution in [2.45, 2.75) is 31.3 Å². The molecule has 3 aromatic rings. The largest absolute Gasteiger partial charge is 0.330 e. The summed E-state index contributed by atoms with van der Waals surface area (Å²) in [5.74, 6) is -0.227. The summed E-state index contributed by atoms with van der Waals surface area (Å²) in [5, 5.41) is 0.